The lowest BCUT2D eigenvalue weighted by atomic mass is 10.2. The van der Waals surface area contributed by atoms with Crippen LogP contribution >= 0.6 is 0 Å². The molecular formula is C6H8FN3. The number of nitrogens with two attached hydrogens (primary N) is 2. The number of hydrogen-bond donors (Lipinski definition) is 2. The van der Waals surface area contributed by atoms with Gasteiger partial charge in [0.15, 0.2) is 0 Å². The largest absolute Gasteiger partial charge is 0.397 e. The zero-order chi connectivity index (χ0) is 7.56. The molecule has 0 aliphatic heterocycles. The number of nitrogen functional groups attached to an aromatic ring is 1. The molecule has 0 saturated carbocycles. The van der Waals surface area contributed by atoms with Crippen molar-refractivity contribution in [3.8, 4) is 0 Å². The standard InChI is InChI=1S/C6H8FN3/c7-6-4(2-8)1-5(9)3-10-6/h1,3H,2,8-9H2. The van der Waals surface area contributed by atoms with Crippen LogP contribution in [0.1, 0.15) is 5.56 Å². The van der Waals surface area contributed by atoms with Gasteiger partial charge in [-0.3, -0.25) is 0 Å². The minimum absolute atomic E-state index is 0.129. The van der Waals surface area contributed by atoms with Gasteiger partial charge in [0.25, 0.3) is 0 Å². The van der Waals surface area contributed by atoms with Crippen LogP contribution in [0.2, 0.25) is 0 Å². The Hall–Kier alpha value is -1.16. The third kappa shape index (κ3) is 1.22. The van der Waals surface area contributed by atoms with Gasteiger partial charge < -0.3 is 11.5 Å². The van der Waals surface area contributed by atoms with Crippen LogP contribution in [0.15, 0.2) is 12.3 Å². The lowest BCUT2D eigenvalue weighted by molar-refractivity contribution is 0.568. The summed E-state index contributed by atoms with van der Waals surface area (Å²) < 4.78 is 12.5. The number of rotatable bonds is 1. The molecule has 0 fully saturated rings. The van der Waals surface area contributed by atoms with Gasteiger partial charge in [0, 0.05) is 12.1 Å². The molecule has 1 aromatic rings. The van der Waals surface area contributed by atoms with Crippen molar-refractivity contribution >= 4 is 5.69 Å². The molecule has 0 aromatic carbocycles. The summed E-state index contributed by atoms with van der Waals surface area (Å²) in [5.41, 5.74) is 11.3. The highest BCUT2D eigenvalue weighted by Gasteiger charge is 1.99. The first-order valence-corrected chi connectivity index (χ1v) is 2.84. The molecule has 0 saturated heterocycles. The second-order valence-corrected chi connectivity index (χ2v) is 1.92. The van der Waals surface area contributed by atoms with Gasteiger partial charge in [-0.1, -0.05) is 0 Å². The smallest absolute Gasteiger partial charge is 0.217 e. The Morgan fingerprint density at radius 1 is 1.60 bits per heavy atom. The van der Waals surface area contributed by atoms with Crippen LogP contribution in [0.4, 0.5) is 10.1 Å². The lowest BCUT2D eigenvalue weighted by Crippen LogP contribution is -2.02. The number of hydrogen-bond acceptors (Lipinski definition) is 3. The van der Waals surface area contributed by atoms with Crippen molar-refractivity contribution in [1.29, 1.82) is 0 Å². The second kappa shape index (κ2) is 2.62. The molecule has 3 nitrogen and oxygen atoms in total. The van der Waals surface area contributed by atoms with E-state index in [1.165, 1.54) is 12.3 Å². The van der Waals surface area contributed by atoms with Gasteiger partial charge >= 0.3 is 0 Å². The fraction of sp³-hybridized carbons (Fsp3) is 0.167. The quantitative estimate of drug-likeness (QED) is 0.551. The molecule has 0 bridgehead atoms. The SMILES string of the molecule is NCc1cc(N)cnc1F. The molecule has 1 rings (SSSR count). The highest BCUT2D eigenvalue weighted by atomic mass is 19.1. The highest BCUT2D eigenvalue weighted by Crippen LogP contribution is 2.06. The summed E-state index contributed by atoms with van der Waals surface area (Å²) in [4.78, 5) is 3.38. The fourth-order valence-corrected chi connectivity index (χ4v) is 0.655. The first-order valence-electron chi connectivity index (χ1n) is 2.84. The van der Waals surface area contributed by atoms with Gasteiger partial charge in [0.05, 0.1) is 11.9 Å². The van der Waals surface area contributed by atoms with E-state index >= 15 is 0 Å². The Kier molecular flexibility index (Phi) is 1.82. The average Bonchev–Trinajstić information content (AvgIpc) is 1.94. The Bertz CT molecular complexity index is 236. The van der Waals surface area contributed by atoms with Gasteiger partial charge in [0.2, 0.25) is 5.95 Å². The molecule has 0 radical (unpaired) electrons. The molecule has 0 atom stereocenters. The second-order valence-electron chi connectivity index (χ2n) is 1.92. The van der Waals surface area contributed by atoms with Gasteiger partial charge in [-0.15, -0.1) is 0 Å². The Labute approximate surface area is 57.9 Å². The summed E-state index contributed by atoms with van der Waals surface area (Å²) in [6, 6.07) is 1.47. The molecule has 0 aliphatic rings. The lowest BCUT2D eigenvalue weighted by Gasteiger charge is -1.97. The van der Waals surface area contributed by atoms with Crippen LogP contribution in [0.5, 0.6) is 0 Å². The zero-order valence-electron chi connectivity index (χ0n) is 5.34. The molecule has 10 heavy (non-hydrogen) atoms. The summed E-state index contributed by atoms with van der Waals surface area (Å²) in [5, 5.41) is 0. The summed E-state index contributed by atoms with van der Waals surface area (Å²) in [6.45, 7) is 0.129. The average molecular weight is 141 g/mol. The topological polar surface area (TPSA) is 64.9 Å². The van der Waals surface area contributed by atoms with Gasteiger partial charge in [-0.05, 0) is 6.07 Å². The predicted molar refractivity (Wildman–Crippen MR) is 36.5 cm³/mol. The van der Waals surface area contributed by atoms with Crippen LogP contribution in [0.25, 0.3) is 0 Å². The zero-order valence-corrected chi connectivity index (χ0v) is 5.34. The molecule has 0 aliphatic carbocycles. The van der Waals surface area contributed by atoms with Crippen molar-refractivity contribution < 1.29 is 4.39 Å². The molecule has 4 N–H and O–H groups in total. The maximum absolute atomic E-state index is 12.5. The number of pyridine rings is 1. The van der Waals surface area contributed by atoms with E-state index in [0.717, 1.165) is 0 Å². The first-order chi connectivity index (χ1) is 4.74. The Morgan fingerprint density at radius 2 is 2.30 bits per heavy atom. The summed E-state index contributed by atoms with van der Waals surface area (Å²) >= 11 is 0. The highest BCUT2D eigenvalue weighted by molar-refractivity contribution is 5.37. The van der Waals surface area contributed by atoms with E-state index in [4.69, 9.17) is 11.5 Å². The van der Waals surface area contributed by atoms with Crippen LogP contribution in [-0.4, -0.2) is 4.98 Å². The summed E-state index contributed by atoms with van der Waals surface area (Å²) in [6.07, 6.45) is 1.26. The minimum atomic E-state index is -0.545. The van der Waals surface area contributed by atoms with E-state index in [0.29, 0.717) is 11.3 Å². The number of anilines is 1. The minimum Gasteiger partial charge on any atom is -0.397 e. The van der Waals surface area contributed by atoms with Crippen LogP contribution in [0, 0.1) is 5.95 Å². The Balaban J connectivity index is 3.09. The van der Waals surface area contributed by atoms with Gasteiger partial charge in [0.1, 0.15) is 0 Å². The molecule has 1 aromatic heterocycles. The third-order valence-electron chi connectivity index (χ3n) is 1.15. The molecule has 0 spiro atoms. The maximum atomic E-state index is 12.5. The Morgan fingerprint density at radius 3 is 2.80 bits per heavy atom. The van der Waals surface area contributed by atoms with Gasteiger partial charge in [-0.2, -0.15) is 4.39 Å². The van der Waals surface area contributed by atoms with Crippen LogP contribution in [-0.2, 0) is 6.54 Å². The van der Waals surface area contributed by atoms with Crippen LogP contribution in [0.3, 0.4) is 0 Å². The molecule has 4 heteroatoms. The summed E-state index contributed by atoms with van der Waals surface area (Å²) in [7, 11) is 0. The van der Waals surface area contributed by atoms with E-state index in [-0.39, 0.29) is 6.54 Å². The van der Waals surface area contributed by atoms with Crippen molar-refractivity contribution in [2.45, 2.75) is 6.54 Å². The molecular weight excluding hydrogens is 133 g/mol. The molecule has 54 valence electrons. The first kappa shape index (κ1) is 6.95. The molecule has 0 amide bonds. The molecule has 0 unspecified atom stereocenters. The molecule has 1 heterocycles. The number of nitrogens with zero attached hydrogens (tertiary/aromatic N) is 1. The van der Waals surface area contributed by atoms with E-state index in [2.05, 4.69) is 4.98 Å². The van der Waals surface area contributed by atoms with E-state index in [9.17, 15) is 4.39 Å². The fourth-order valence-electron chi connectivity index (χ4n) is 0.655. The summed E-state index contributed by atoms with van der Waals surface area (Å²) in [5.74, 6) is -0.545. The van der Waals surface area contributed by atoms with Crippen molar-refractivity contribution in [3.05, 3.63) is 23.8 Å². The van der Waals surface area contributed by atoms with E-state index < -0.39 is 5.95 Å². The number of halogens is 1. The van der Waals surface area contributed by atoms with Crippen LogP contribution < -0.4 is 11.5 Å². The van der Waals surface area contributed by atoms with Crippen molar-refractivity contribution in [2.75, 3.05) is 5.73 Å². The van der Waals surface area contributed by atoms with Crippen molar-refractivity contribution in [3.63, 3.8) is 0 Å². The third-order valence-corrected chi connectivity index (χ3v) is 1.15. The van der Waals surface area contributed by atoms with Crippen molar-refractivity contribution in [2.24, 2.45) is 5.73 Å². The maximum Gasteiger partial charge on any atom is 0.217 e. The van der Waals surface area contributed by atoms with Crippen molar-refractivity contribution in [1.82, 2.24) is 4.98 Å². The monoisotopic (exact) mass is 141 g/mol. The van der Waals surface area contributed by atoms with E-state index in [1.54, 1.807) is 0 Å². The predicted octanol–water partition coefficient (Wildman–Crippen LogP) is 0.262. The van der Waals surface area contributed by atoms with Gasteiger partial charge in [-0.25, -0.2) is 4.98 Å². The number of aromatic nitrogens is 1. The normalized spacial score (nSPS) is 9.80. The van der Waals surface area contributed by atoms with E-state index in [1.807, 2.05) is 0 Å².